The Morgan fingerprint density at radius 3 is 2.40 bits per heavy atom. The Bertz CT molecular complexity index is 283. The summed E-state index contributed by atoms with van der Waals surface area (Å²) in [5.41, 5.74) is 1.58. The minimum absolute atomic E-state index is 0.270. The molecule has 4 bridgehead atoms. The standard InChI is InChI=1S/C11H20N4/c1-2-11-7-14-3-4-15(8-11)6-9(5-14)10(11)13-12/h9H,2-8,12H2,1H3. The van der Waals surface area contributed by atoms with Gasteiger partial charge in [-0.3, -0.25) is 0 Å². The second-order valence-electron chi connectivity index (χ2n) is 5.32. The summed E-state index contributed by atoms with van der Waals surface area (Å²) < 4.78 is 0. The van der Waals surface area contributed by atoms with E-state index in [4.69, 9.17) is 5.84 Å². The van der Waals surface area contributed by atoms with Crippen molar-refractivity contribution in [3.8, 4) is 0 Å². The van der Waals surface area contributed by atoms with Gasteiger partial charge in [-0.05, 0) is 6.42 Å². The molecule has 2 atom stereocenters. The molecule has 4 rings (SSSR count). The lowest BCUT2D eigenvalue weighted by atomic mass is 9.69. The first-order valence-electron chi connectivity index (χ1n) is 6.00. The normalized spacial score (nSPS) is 51.0. The zero-order valence-corrected chi connectivity index (χ0v) is 9.45. The summed E-state index contributed by atoms with van der Waals surface area (Å²) in [7, 11) is 0. The van der Waals surface area contributed by atoms with Crippen molar-refractivity contribution in [2.45, 2.75) is 13.3 Å². The number of nitrogens with zero attached hydrogens (tertiary/aromatic N) is 3. The Morgan fingerprint density at radius 1 is 1.33 bits per heavy atom. The minimum atomic E-state index is 0.270. The van der Waals surface area contributed by atoms with E-state index < -0.39 is 0 Å². The zero-order chi connectivity index (χ0) is 10.5. The minimum Gasteiger partial charge on any atom is -0.323 e. The van der Waals surface area contributed by atoms with Crippen LogP contribution in [-0.2, 0) is 0 Å². The van der Waals surface area contributed by atoms with Crippen LogP contribution in [0.15, 0.2) is 5.10 Å². The Kier molecular flexibility index (Phi) is 2.04. The van der Waals surface area contributed by atoms with E-state index in [1.165, 1.54) is 51.4 Å². The van der Waals surface area contributed by atoms with Crippen LogP contribution >= 0.6 is 0 Å². The van der Waals surface area contributed by atoms with Crippen LogP contribution in [0.25, 0.3) is 0 Å². The van der Waals surface area contributed by atoms with Crippen LogP contribution in [0.2, 0.25) is 0 Å². The average Bonchev–Trinajstić information content (AvgIpc) is 2.47. The fourth-order valence-electron chi connectivity index (χ4n) is 3.75. The average molecular weight is 208 g/mol. The summed E-state index contributed by atoms with van der Waals surface area (Å²) in [4.78, 5) is 5.21. The van der Waals surface area contributed by atoms with Crippen molar-refractivity contribution >= 4 is 5.71 Å². The highest BCUT2D eigenvalue weighted by Gasteiger charge is 2.50. The Labute approximate surface area is 91.1 Å². The summed E-state index contributed by atoms with van der Waals surface area (Å²) in [6, 6.07) is 0. The molecule has 0 saturated carbocycles. The van der Waals surface area contributed by atoms with Crippen molar-refractivity contribution in [1.29, 1.82) is 0 Å². The smallest absolute Gasteiger partial charge is 0.0519 e. The fraction of sp³-hybridized carbons (Fsp3) is 0.909. The number of hydrogen-bond acceptors (Lipinski definition) is 4. The molecule has 2 N–H and O–H groups in total. The molecule has 4 aliphatic heterocycles. The maximum atomic E-state index is 5.62. The van der Waals surface area contributed by atoms with Gasteiger partial charge in [0.15, 0.2) is 0 Å². The largest absolute Gasteiger partial charge is 0.323 e. The van der Waals surface area contributed by atoms with E-state index in [9.17, 15) is 0 Å². The van der Waals surface area contributed by atoms with Crippen LogP contribution < -0.4 is 5.84 Å². The van der Waals surface area contributed by atoms with Crippen LogP contribution in [0, 0.1) is 11.3 Å². The molecular formula is C11H20N4. The molecule has 4 aliphatic rings. The highest BCUT2D eigenvalue weighted by Crippen LogP contribution is 2.40. The van der Waals surface area contributed by atoms with Gasteiger partial charge >= 0.3 is 0 Å². The first-order chi connectivity index (χ1) is 7.27. The van der Waals surface area contributed by atoms with Gasteiger partial charge in [0, 0.05) is 50.6 Å². The van der Waals surface area contributed by atoms with E-state index in [-0.39, 0.29) is 5.41 Å². The first-order valence-corrected chi connectivity index (χ1v) is 6.00. The summed E-state index contributed by atoms with van der Waals surface area (Å²) in [6.07, 6.45) is 1.17. The van der Waals surface area contributed by atoms with Gasteiger partial charge in [-0.15, -0.1) is 0 Å². The second kappa shape index (κ2) is 3.19. The molecular weight excluding hydrogens is 188 g/mol. The molecule has 0 aromatic heterocycles. The fourth-order valence-corrected chi connectivity index (χ4v) is 3.75. The number of rotatable bonds is 1. The molecule has 4 nitrogen and oxygen atoms in total. The van der Waals surface area contributed by atoms with E-state index in [1.807, 2.05) is 0 Å². The zero-order valence-electron chi connectivity index (χ0n) is 9.45. The van der Waals surface area contributed by atoms with E-state index in [2.05, 4.69) is 21.8 Å². The van der Waals surface area contributed by atoms with Crippen molar-refractivity contribution in [1.82, 2.24) is 9.80 Å². The van der Waals surface area contributed by atoms with Gasteiger partial charge in [0.25, 0.3) is 0 Å². The van der Waals surface area contributed by atoms with Crippen molar-refractivity contribution in [2.75, 3.05) is 39.3 Å². The molecule has 0 radical (unpaired) electrons. The molecule has 84 valence electrons. The summed E-state index contributed by atoms with van der Waals surface area (Å²) in [6.45, 7) is 9.44. The molecule has 2 unspecified atom stereocenters. The summed E-state index contributed by atoms with van der Waals surface area (Å²) in [5, 5.41) is 4.14. The molecule has 0 amide bonds. The third kappa shape index (κ3) is 1.24. The van der Waals surface area contributed by atoms with Crippen LogP contribution in [0.1, 0.15) is 13.3 Å². The van der Waals surface area contributed by atoms with E-state index in [0.717, 1.165) is 0 Å². The lowest BCUT2D eigenvalue weighted by Crippen LogP contribution is -2.61. The number of piperidine rings is 2. The topological polar surface area (TPSA) is 44.9 Å². The van der Waals surface area contributed by atoms with Gasteiger partial charge < -0.3 is 15.6 Å². The Hall–Kier alpha value is -0.610. The summed E-state index contributed by atoms with van der Waals surface area (Å²) in [5.74, 6) is 6.21. The molecule has 0 aromatic carbocycles. The van der Waals surface area contributed by atoms with Crippen molar-refractivity contribution in [3.63, 3.8) is 0 Å². The van der Waals surface area contributed by atoms with Gasteiger partial charge in [0.05, 0.1) is 5.71 Å². The number of hydrogen-bond donors (Lipinski definition) is 1. The number of fused-ring (bicyclic) bond motifs is 1. The quantitative estimate of drug-likeness (QED) is 0.486. The van der Waals surface area contributed by atoms with Crippen LogP contribution in [0.3, 0.4) is 0 Å². The van der Waals surface area contributed by atoms with E-state index in [1.54, 1.807) is 0 Å². The van der Waals surface area contributed by atoms with Crippen molar-refractivity contribution < 1.29 is 0 Å². The van der Waals surface area contributed by atoms with Crippen LogP contribution in [0.5, 0.6) is 0 Å². The molecule has 4 heteroatoms. The third-order valence-corrected chi connectivity index (χ3v) is 4.49. The highest BCUT2D eigenvalue weighted by molar-refractivity contribution is 5.94. The maximum Gasteiger partial charge on any atom is 0.0519 e. The van der Waals surface area contributed by atoms with Crippen LogP contribution in [-0.4, -0.2) is 54.8 Å². The van der Waals surface area contributed by atoms with Gasteiger partial charge in [-0.1, -0.05) is 6.92 Å². The van der Waals surface area contributed by atoms with Crippen LogP contribution in [0.4, 0.5) is 0 Å². The summed E-state index contributed by atoms with van der Waals surface area (Å²) >= 11 is 0. The molecule has 4 heterocycles. The third-order valence-electron chi connectivity index (χ3n) is 4.49. The molecule has 0 aliphatic carbocycles. The lowest BCUT2D eigenvalue weighted by molar-refractivity contribution is 0.114. The van der Waals surface area contributed by atoms with Gasteiger partial charge in [0.1, 0.15) is 0 Å². The highest BCUT2D eigenvalue weighted by atomic mass is 15.3. The predicted octanol–water partition coefficient (Wildman–Crippen LogP) is -0.0415. The monoisotopic (exact) mass is 208 g/mol. The molecule has 0 spiro atoms. The molecule has 4 fully saturated rings. The maximum absolute atomic E-state index is 5.62. The SMILES string of the molecule is CCC12CN3CCN(CC(C3)C1=NN)C2. The second-order valence-corrected chi connectivity index (χ2v) is 5.32. The predicted molar refractivity (Wildman–Crippen MR) is 60.7 cm³/mol. The van der Waals surface area contributed by atoms with E-state index >= 15 is 0 Å². The van der Waals surface area contributed by atoms with Crippen molar-refractivity contribution in [3.05, 3.63) is 0 Å². The van der Waals surface area contributed by atoms with Crippen molar-refractivity contribution in [2.24, 2.45) is 22.3 Å². The molecule has 15 heavy (non-hydrogen) atoms. The Morgan fingerprint density at radius 2 is 1.93 bits per heavy atom. The van der Waals surface area contributed by atoms with Gasteiger partial charge in [0.2, 0.25) is 0 Å². The number of hydrazone groups is 1. The van der Waals surface area contributed by atoms with Gasteiger partial charge in [-0.2, -0.15) is 5.10 Å². The number of nitrogens with two attached hydrogens (primary N) is 1. The first kappa shape index (κ1) is 9.60. The lowest BCUT2D eigenvalue weighted by Gasteiger charge is -2.50. The van der Waals surface area contributed by atoms with Gasteiger partial charge in [-0.25, -0.2) is 0 Å². The van der Waals surface area contributed by atoms with E-state index in [0.29, 0.717) is 5.92 Å². The molecule has 0 aromatic rings. The molecule has 4 saturated heterocycles. The Balaban J connectivity index is 2.04.